The number of nitrogens with zero attached hydrogens (tertiary/aromatic N) is 1. The monoisotopic (exact) mass is 177 g/mol. The van der Waals surface area contributed by atoms with Crippen molar-refractivity contribution in [3.63, 3.8) is 0 Å². The van der Waals surface area contributed by atoms with E-state index in [1.54, 1.807) is 0 Å². The van der Waals surface area contributed by atoms with E-state index in [-0.39, 0.29) is 0 Å². The van der Waals surface area contributed by atoms with Crippen molar-refractivity contribution in [3.05, 3.63) is 23.8 Å². The van der Waals surface area contributed by atoms with Gasteiger partial charge >= 0.3 is 0 Å². The summed E-state index contributed by atoms with van der Waals surface area (Å²) in [5.74, 6) is 1.06. The van der Waals surface area contributed by atoms with Gasteiger partial charge in [-0.05, 0) is 25.5 Å². The van der Waals surface area contributed by atoms with Gasteiger partial charge in [0, 0.05) is 24.8 Å². The summed E-state index contributed by atoms with van der Waals surface area (Å²) in [5.41, 5.74) is 2.69. The SMILES string of the molecule is CCOc1cccc2c1CCN2C. The predicted octanol–water partition coefficient (Wildman–Crippen LogP) is 2.08. The van der Waals surface area contributed by atoms with Crippen LogP contribution in [0.2, 0.25) is 0 Å². The van der Waals surface area contributed by atoms with Crippen molar-refractivity contribution in [3.8, 4) is 5.75 Å². The Kier molecular flexibility index (Phi) is 2.13. The molecule has 0 fully saturated rings. The van der Waals surface area contributed by atoms with Crippen molar-refractivity contribution in [1.29, 1.82) is 0 Å². The molecular formula is C11H15NO. The second kappa shape index (κ2) is 3.29. The first-order chi connectivity index (χ1) is 6.33. The zero-order valence-corrected chi connectivity index (χ0v) is 8.21. The minimum absolute atomic E-state index is 0.750. The highest BCUT2D eigenvalue weighted by Crippen LogP contribution is 2.33. The molecule has 0 aromatic heterocycles. The van der Waals surface area contributed by atoms with E-state index in [0.29, 0.717) is 0 Å². The fourth-order valence-electron chi connectivity index (χ4n) is 1.85. The Morgan fingerprint density at radius 1 is 1.46 bits per heavy atom. The normalized spacial score (nSPS) is 14.5. The highest BCUT2D eigenvalue weighted by atomic mass is 16.5. The molecule has 0 saturated heterocycles. The summed E-state index contributed by atoms with van der Waals surface area (Å²) in [6.45, 7) is 3.89. The van der Waals surface area contributed by atoms with Crippen molar-refractivity contribution in [1.82, 2.24) is 0 Å². The van der Waals surface area contributed by atoms with Gasteiger partial charge in [0.05, 0.1) is 6.61 Å². The fourth-order valence-corrected chi connectivity index (χ4v) is 1.85. The van der Waals surface area contributed by atoms with Crippen molar-refractivity contribution in [2.24, 2.45) is 0 Å². The van der Waals surface area contributed by atoms with Crippen LogP contribution < -0.4 is 9.64 Å². The van der Waals surface area contributed by atoms with E-state index in [9.17, 15) is 0 Å². The number of benzene rings is 1. The second-order valence-corrected chi connectivity index (χ2v) is 3.36. The van der Waals surface area contributed by atoms with Crippen LogP contribution in [0.3, 0.4) is 0 Å². The Hall–Kier alpha value is -1.18. The van der Waals surface area contributed by atoms with Crippen LogP contribution in [-0.4, -0.2) is 20.2 Å². The van der Waals surface area contributed by atoms with Gasteiger partial charge in [0.2, 0.25) is 0 Å². The Labute approximate surface area is 79.1 Å². The fraction of sp³-hybridized carbons (Fsp3) is 0.455. The smallest absolute Gasteiger partial charge is 0.124 e. The number of rotatable bonds is 2. The first kappa shape index (κ1) is 8.42. The lowest BCUT2D eigenvalue weighted by Crippen LogP contribution is -2.12. The van der Waals surface area contributed by atoms with Gasteiger partial charge in [0.15, 0.2) is 0 Å². The molecule has 1 aliphatic rings. The van der Waals surface area contributed by atoms with E-state index >= 15 is 0 Å². The summed E-state index contributed by atoms with van der Waals surface area (Å²) < 4.78 is 5.57. The molecule has 0 N–H and O–H groups in total. The number of fused-ring (bicyclic) bond motifs is 1. The summed E-state index contributed by atoms with van der Waals surface area (Å²) in [6.07, 6.45) is 1.11. The molecule has 0 amide bonds. The Morgan fingerprint density at radius 3 is 3.08 bits per heavy atom. The molecule has 1 aromatic rings. The number of hydrogen-bond donors (Lipinski definition) is 0. The van der Waals surface area contributed by atoms with Gasteiger partial charge < -0.3 is 9.64 Å². The zero-order valence-electron chi connectivity index (χ0n) is 8.21. The Bertz CT molecular complexity index is 309. The van der Waals surface area contributed by atoms with Crippen LogP contribution in [0.1, 0.15) is 12.5 Å². The maximum atomic E-state index is 5.57. The van der Waals surface area contributed by atoms with Gasteiger partial charge in [-0.15, -0.1) is 0 Å². The summed E-state index contributed by atoms with van der Waals surface area (Å²) in [7, 11) is 2.13. The third-order valence-corrected chi connectivity index (χ3v) is 2.52. The summed E-state index contributed by atoms with van der Waals surface area (Å²) in [6, 6.07) is 6.28. The lowest BCUT2D eigenvalue weighted by atomic mass is 10.1. The summed E-state index contributed by atoms with van der Waals surface area (Å²) in [4.78, 5) is 2.28. The molecule has 0 radical (unpaired) electrons. The largest absolute Gasteiger partial charge is 0.494 e. The minimum Gasteiger partial charge on any atom is -0.494 e. The van der Waals surface area contributed by atoms with Crippen LogP contribution >= 0.6 is 0 Å². The number of hydrogen-bond acceptors (Lipinski definition) is 2. The molecule has 0 spiro atoms. The van der Waals surface area contributed by atoms with E-state index < -0.39 is 0 Å². The second-order valence-electron chi connectivity index (χ2n) is 3.36. The van der Waals surface area contributed by atoms with Crippen molar-refractivity contribution in [2.75, 3.05) is 25.1 Å². The average Bonchev–Trinajstić information content (AvgIpc) is 2.50. The molecule has 2 heteroatoms. The third kappa shape index (κ3) is 1.37. The van der Waals surface area contributed by atoms with Crippen molar-refractivity contribution >= 4 is 5.69 Å². The molecule has 2 nitrogen and oxygen atoms in total. The molecule has 1 aliphatic heterocycles. The number of anilines is 1. The standard InChI is InChI=1S/C11H15NO/c1-3-13-11-6-4-5-10-9(11)7-8-12(10)2/h4-6H,3,7-8H2,1-2H3. The van der Waals surface area contributed by atoms with E-state index in [0.717, 1.165) is 25.3 Å². The highest BCUT2D eigenvalue weighted by Gasteiger charge is 2.18. The van der Waals surface area contributed by atoms with Crippen molar-refractivity contribution in [2.45, 2.75) is 13.3 Å². The maximum absolute atomic E-state index is 5.57. The zero-order chi connectivity index (χ0) is 9.26. The van der Waals surface area contributed by atoms with Crippen LogP contribution in [-0.2, 0) is 6.42 Å². The first-order valence-corrected chi connectivity index (χ1v) is 4.78. The van der Waals surface area contributed by atoms with Crippen LogP contribution in [0, 0.1) is 0 Å². The van der Waals surface area contributed by atoms with Crippen LogP contribution in [0.15, 0.2) is 18.2 Å². The molecule has 70 valence electrons. The molecule has 0 aliphatic carbocycles. The van der Waals surface area contributed by atoms with Crippen LogP contribution in [0.5, 0.6) is 5.75 Å². The topological polar surface area (TPSA) is 12.5 Å². The lowest BCUT2D eigenvalue weighted by molar-refractivity contribution is 0.337. The van der Waals surface area contributed by atoms with Crippen LogP contribution in [0.25, 0.3) is 0 Å². The van der Waals surface area contributed by atoms with Gasteiger partial charge in [-0.2, -0.15) is 0 Å². The van der Waals surface area contributed by atoms with Gasteiger partial charge in [-0.1, -0.05) is 6.07 Å². The predicted molar refractivity (Wildman–Crippen MR) is 54.6 cm³/mol. The van der Waals surface area contributed by atoms with Crippen LogP contribution in [0.4, 0.5) is 5.69 Å². The molecule has 0 unspecified atom stereocenters. The number of likely N-dealkylation sites (N-methyl/N-ethyl adjacent to an activating group) is 1. The third-order valence-electron chi connectivity index (χ3n) is 2.52. The van der Waals surface area contributed by atoms with E-state index in [1.165, 1.54) is 11.3 Å². The lowest BCUT2D eigenvalue weighted by Gasteiger charge is -2.12. The molecule has 1 heterocycles. The highest BCUT2D eigenvalue weighted by molar-refractivity contribution is 5.62. The van der Waals surface area contributed by atoms with Gasteiger partial charge in [0.1, 0.15) is 5.75 Å². The molecular weight excluding hydrogens is 162 g/mol. The van der Waals surface area contributed by atoms with Gasteiger partial charge in [0.25, 0.3) is 0 Å². The van der Waals surface area contributed by atoms with Gasteiger partial charge in [-0.25, -0.2) is 0 Å². The number of ether oxygens (including phenoxy) is 1. The molecule has 13 heavy (non-hydrogen) atoms. The molecule has 0 bridgehead atoms. The van der Waals surface area contributed by atoms with Crippen molar-refractivity contribution < 1.29 is 4.74 Å². The summed E-state index contributed by atoms with van der Waals surface area (Å²) >= 11 is 0. The average molecular weight is 177 g/mol. The van der Waals surface area contributed by atoms with E-state index in [1.807, 2.05) is 6.92 Å². The summed E-state index contributed by atoms with van der Waals surface area (Å²) in [5, 5.41) is 0. The molecule has 1 aromatic carbocycles. The van der Waals surface area contributed by atoms with E-state index in [2.05, 4.69) is 30.1 Å². The van der Waals surface area contributed by atoms with Gasteiger partial charge in [-0.3, -0.25) is 0 Å². The maximum Gasteiger partial charge on any atom is 0.124 e. The Balaban J connectivity index is 2.38. The minimum atomic E-state index is 0.750. The quantitative estimate of drug-likeness (QED) is 0.685. The first-order valence-electron chi connectivity index (χ1n) is 4.78. The molecule has 0 atom stereocenters. The van der Waals surface area contributed by atoms with E-state index in [4.69, 9.17) is 4.74 Å². The molecule has 2 rings (SSSR count). The molecule has 0 saturated carbocycles. The Morgan fingerprint density at radius 2 is 2.31 bits per heavy atom.